The Hall–Kier alpha value is -0.910. The fourth-order valence-corrected chi connectivity index (χ4v) is 3.08. The number of carbonyl (C=O) groups excluding carboxylic acids is 1. The van der Waals surface area contributed by atoms with E-state index in [2.05, 4.69) is 30.6 Å². The maximum atomic E-state index is 12.4. The monoisotopic (exact) mass is 296 g/mol. The van der Waals surface area contributed by atoms with Crippen LogP contribution in [-0.4, -0.2) is 36.6 Å². The fourth-order valence-electron chi connectivity index (χ4n) is 2.40. The fraction of sp³-hybridized carbons (Fsp3) is 0.667. The molecule has 1 aromatic heterocycles. The van der Waals surface area contributed by atoms with Crippen molar-refractivity contribution in [2.45, 2.75) is 39.4 Å². The van der Waals surface area contributed by atoms with Crippen molar-refractivity contribution in [2.75, 3.05) is 19.8 Å². The molecule has 2 atom stereocenters. The average molecular weight is 296 g/mol. The molecule has 1 aliphatic rings. The molecule has 1 aliphatic heterocycles. The van der Waals surface area contributed by atoms with Gasteiger partial charge in [-0.3, -0.25) is 10.1 Å². The van der Waals surface area contributed by atoms with E-state index >= 15 is 0 Å². The summed E-state index contributed by atoms with van der Waals surface area (Å²) in [7, 11) is 0. The lowest BCUT2D eigenvalue weighted by atomic mass is 10.2. The van der Waals surface area contributed by atoms with Crippen LogP contribution in [0.25, 0.3) is 0 Å². The number of nitrogens with zero attached hydrogens (tertiary/aromatic N) is 1. The average Bonchev–Trinajstić information content (AvgIpc) is 3.03. The minimum absolute atomic E-state index is 0.00125. The number of nitrogens with one attached hydrogen (secondary N) is 1. The van der Waals surface area contributed by atoms with Gasteiger partial charge in [-0.05, 0) is 34.7 Å². The lowest BCUT2D eigenvalue weighted by molar-refractivity contribution is -0.131. The van der Waals surface area contributed by atoms with Crippen LogP contribution in [0.4, 0.5) is 0 Å². The Kier molecular flexibility index (Phi) is 5.57. The predicted molar refractivity (Wildman–Crippen MR) is 81.6 cm³/mol. The zero-order valence-electron chi connectivity index (χ0n) is 12.5. The summed E-state index contributed by atoms with van der Waals surface area (Å²) in [6.45, 7) is 8.29. The zero-order valence-corrected chi connectivity index (χ0v) is 13.3. The molecule has 112 valence electrons. The first-order chi connectivity index (χ1) is 9.63. The Morgan fingerprint density at radius 1 is 1.50 bits per heavy atom. The number of ether oxygens (including phenoxy) is 1. The topological polar surface area (TPSA) is 41.6 Å². The second-order valence-corrected chi connectivity index (χ2v) is 6.37. The van der Waals surface area contributed by atoms with E-state index in [0.29, 0.717) is 19.1 Å². The SMILES string of the molecule is CCC1NC(c2ccsc2)N(CCOCC(C)C)C1=O. The van der Waals surface area contributed by atoms with Crippen LogP contribution in [-0.2, 0) is 9.53 Å². The van der Waals surface area contributed by atoms with Gasteiger partial charge < -0.3 is 9.64 Å². The molecule has 2 rings (SSSR count). The molecule has 4 nitrogen and oxygen atoms in total. The summed E-state index contributed by atoms with van der Waals surface area (Å²) in [5.74, 6) is 0.718. The molecular weight excluding hydrogens is 272 g/mol. The van der Waals surface area contributed by atoms with Crippen molar-refractivity contribution in [2.24, 2.45) is 5.92 Å². The molecule has 1 fully saturated rings. The largest absolute Gasteiger partial charge is 0.379 e. The molecule has 20 heavy (non-hydrogen) atoms. The van der Waals surface area contributed by atoms with Crippen molar-refractivity contribution in [3.05, 3.63) is 22.4 Å². The lowest BCUT2D eigenvalue weighted by Gasteiger charge is -2.23. The highest BCUT2D eigenvalue weighted by Gasteiger charge is 2.38. The molecule has 1 N–H and O–H groups in total. The van der Waals surface area contributed by atoms with Crippen LogP contribution in [0, 0.1) is 5.92 Å². The van der Waals surface area contributed by atoms with Gasteiger partial charge in [-0.2, -0.15) is 11.3 Å². The minimum atomic E-state index is -0.0648. The molecule has 0 bridgehead atoms. The van der Waals surface area contributed by atoms with Crippen molar-refractivity contribution < 1.29 is 9.53 Å². The number of hydrogen-bond donors (Lipinski definition) is 1. The van der Waals surface area contributed by atoms with Crippen molar-refractivity contribution >= 4 is 17.2 Å². The summed E-state index contributed by atoms with van der Waals surface area (Å²) in [6.07, 6.45) is 0.823. The summed E-state index contributed by atoms with van der Waals surface area (Å²) < 4.78 is 5.62. The van der Waals surface area contributed by atoms with Crippen LogP contribution in [0.1, 0.15) is 38.9 Å². The van der Waals surface area contributed by atoms with Crippen LogP contribution >= 0.6 is 11.3 Å². The quantitative estimate of drug-likeness (QED) is 0.787. The minimum Gasteiger partial charge on any atom is -0.379 e. The Labute approximate surface area is 125 Å². The summed E-state index contributed by atoms with van der Waals surface area (Å²) in [5, 5.41) is 7.57. The van der Waals surface area contributed by atoms with Gasteiger partial charge >= 0.3 is 0 Å². The van der Waals surface area contributed by atoms with Crippen LogP contribution in [0.15, 0.2) is 16.8 Å². The first-order valence-electron chi connectivity index (χ1n) is 7.29. The van der Waals surface area contributed by atoms with Crippen molar-refractivity contribution in [1.29, 1.82) is 0 Å². The Morgan fingerprint density at radius 2 is 2.30 bits per heavy atom. The highest BCUT2D eigenvalue weighted by molar-refractivity contribution is 7.07. The summed E-state index contributed by atoms with van der Waals surface area (Å²) >= 11 is 1.66. The third-order valence-corrected chi connectivity index (χ3v) is 4.15. The molecule has 1 saturated heterocycles. The van der Waals surface area contributed by atoms with Gasteiger partial charge in [0.2, 0.25) is 5.91 Å². The third-order valence-electron chi connectivity index (χ3n) is 3.45. The number of amides is 1. The van der Waals surface area contributed by atoms with Gasteiger partial charge in [0.1, 0.15) is 6.17 Å². The molecular formula is C15H24N2O2S. The standard InChI is InChI=1S/C15H24N2O2S/c1-4-13-15(18)17(6-7-19-9-11(2)3)14(16-13)12-5-8-20-10-12/h5,8,10-11,13-14,16H,4,6-7,9H2,1-3H3. The van der Waals surface area contributed by atoms with Crippen LogP contribution < -0.4 is 5.32 Å². The van der Waals surface area contributed by atoms with Gasteiger partial charge in [0.05, 0.1) is 12.6 Å². The normalized spacial score (nSPS) is 23.0. The van der Waals surface area contributed by atoms with E-state index in [0.717, 1.165) is 13.0 Å². The van der Waals surface area contributed by atoms with Crippen LogP contribution in [0.2, 0.25) is 0 Å². The number of thiophene rings is 1. The van der Waals surface area contributed by atoms with Gasteiger partial charge in [0, 0.05) is 13.2 Å². The van der Waals surface area contributed by atoms with Gasteiger partial charge in [-0.1, -0.05) is 20.8 Å². The van der Waals surface area contributed by atoms with E-state index in [4.69, 9.17) is 4.74 Å². The smallest absolute Gasteiger partial charge is 0.241 e. The lowest BCUT2D eigenvalue weighted by Crippen LogP contribution is -2.34. The maximum Gasteiger partial charge on any atom is 0.241 e. The highest BCUT2D eigenvalue weighted by atomic mass is 32.1. The maximum absolute atomic E-state index is 12.4. The summed E-state index contributed by atoms with van der Waals surface area (Å²) in [5.41, 5.74) is 1.17. The Bertz CT molecular complexity index is 420. The van der Waals surface area contributed by atoms with E-state index in [1.54, 1.807) is 11.3 Å². The Morgan fingerprint density at radius 3 is 2.90 bits per heavy atom. The Balaban J connectivity index is 1.97. The third kappa shape index (κ3) is 3.59. The van der Waals surface area contributed by atoms with E-state index < -0.39 is 0 Å². The molecule has 1 aromatic rings. The molecule has 1 amide bonds. The molecule has 2 unspecified atom stereocenters. The van der Waals surface area contributed by atoms with E-state index in [-0.39, 0.29) is 18.1 Å². The molecule has 0 aromatic carbocycles. The molecule has 0 spiro atoms. The highest BCUT2D eigenvalue weighted by Crippen LogP contribution is 2.27. The summed E-state index contributed by atoms with van der Waals surface area (Å²) in [4.78, 5) is 14.3. The molecule has 2 heterocycles. The summed E-state index contributed by atoms with van der Waals surface area (Å²) in [6, 6.07) is 2.01. The van der Waals surface area contributed by atoms with E-state index in [9.17, 15) is 4.79 Å². The van der Waals surface area contributed by atoms with Crippen LogP contribution in [0.5, 0.6) is 0 Å². The van der Waals surface area contributed by atoms with Gasteiger partial charge in [-0.15, -0.1) is 0 Å². The molecule has 0 aliphatic carbocycles. The number of hydrogen-bond acceptors (Lipinski definition) is 4. The molecule has 0 radical (unpaired) electrons. The van der Waals surface area contributed by atoms with Gasteiger partial charge in [0.15, 0.2) is 0 Å². The van der Waals surface area contributed by atoms with Gasteiger partial charge in [0.25, 0.3) is 0 Å². The molecule has 5 heteroatoms. The molecule has 0 saturated carbocycles. The van der Waals surface area contributed by atoms with E-state index in [1.165, 1.54) is 5.56 Å². The number of rotatable bonds is 7. The van der Waals surface area contributed by atoms with Crippen LogP contribution in [0.3, 0.4) is 0 Å². The first kappa shape index (κ1) is 15.5. The zero-order chi connectivity index (χ0) is 14.5. The van der Waals surface area contributed by atoms with Crippen molar-refractivity contribution in [1.82, 2.24) is 10.2 Å². The second-order valence-electron chi connectivity index (χ2n) is 5.59. The first-order valence-corrected chi connectivity index (χ1v) is 8.24. The van der Waals surface area contributed by atoms with Crippen molar-refractivity contribution in [3.63, 3.8) is 0 Å². The van der Waals surface area contributed by atoms with Crippen molar-refractivity contribution in [3.8, 4) is 0 Å². The number of carbonyl (C=O) groups is 1. The second kappa shape index (κ2) is 7.20. The van der Waals surface area contributed by atoms with Gasteiger partial charge in [-0.25, -0.2) is 0 Å². The van der Waals surface area contributed by atoms with E-state index in [1.807, 2.05) is 17.2 Å². The predicted octanol–water partition coefficient (Wildman–Crippen LogP) is 2.63.